The molecule has 2 rings (SSSR count). The Kier molecular flexibility index (Phi) is 4.31. The standard InChI is InChI=1S/C13H20N4O2/c1-8-6-12(18)17-11(16-8)4-5-15-13(19)9-2-3-10(14)7-9/h6,9-10H,2-5,7,14H2,1H3,(H,15,19)(H,16,17,18)/t9-,10+/m0/s1. The molecule has 6 heteroatoms. The van der Waals surface area contributed by atoms with Crippen molar-refractivity contribution in [2.24, 2.45) is 11.7 Å². The maximum Gasteiger partial charge on any atom is 0.251 e. The van der Waals surface area contributed by atoms with Crippen LogP contribution in [0, 0.1) is 12.8 Å². The van der Waals surface area contributed by atoms with Crippen molar-refractivity contribution in [2.75, 3.05) is 6.54 Å². The van der Waals surface area contributed by atoms with Crippen LogP contribution in [-0.4, -0.2) is 28.5 Å². The lowest BCUT2D eigenvalue weighted by atomic mass is 10.1. The van der Waals surface area contributed by atoms with Gasteiger partial charge in [-0.2, -0.15) is 0 Å². The largest absolute Gasteiger partial charge is 0.355 e. The minimum absolute atomic E-state index is 0.0412. The number of nitrogens with one attached hydrogen (secondary N) is 2. The lowest BCUT2D eigenvalue weighted by molar-refractivity contribution is -0.124. The molecule has 0 aliphatic heterocycles. The SMILES string of the molecule is Cc1cc(=O)[nH]c(CCNC(=O)[C@H]2CC[C@@H](N)C2)n1. The second kappa shape index (κ2) is 5.97. The molecule has 6 nitrogen and oxygen atoms in total. The molecule has 2 atom stereocenters. The molecule has 1 aliphatic carbocycles. The van der Waals surface area contributed by atoms with Crippen molar-refractivity contribution in [3.05, 3.63) is 27.9 Å². The monoisotopic (exact) mass is 264 g/mol. The van der Waals surface area contributed by atoms with Crippen molar-refractivity contribution >= 4 is 5.91 Å². The van der Waals surface area contributed by atoms with Crippen LogP contribution in [0.4, 0.5) is 0 Å². The number of carbonyl (C=O) groups is 1. The summed E-state index contributed by atoms with van der Waals surface area (Å²) in [5.41, 5.74) is 6.32. The van der Waals surface area contributed by atoms with E-state index in [0.717, 1.165) is 19.3 Å². The highest BCUT2D eigenvalue weighted by molar-refractivity contribution is 5.78. The van der Waals surface area contributed by atoms with Crippen LogP contribution in [0.15, 0.2) is 10.9 Å². The van der Waals surface area contributed by atoms with E-state index in [4.69, 9.17) is 5.73 Å². The van der Waals surface area contributed by atoms with E-state index in [1.165, 1.54) is 6.07 Å². The minimum Gasteiger partial charge on any atom is -0.355 e. The van der Waals surface area contributed by atoms with Gasteiger partial charge in [0.1, 0.15) is 5.82 Å². The first-order chi connectivity index (χ1) is 9.04. The van der Waals surface area contributed by atoms with Crippen molar-refractivity contribution in [2.45, 2.75) is 38.6 Å². The number of carbonyl (C=O) groups excluding carboxylic acids is 1. The molecule has 0 saturated heterocycles. The molecule has 19 heavy (non-hydrogen) atoms. The number of hydrogen-bond donors (Lipinski definition) is 3. The fraction of sp³-hybridized carbons (Fsp3) is 0.615. The first-order valence-corrected chi connectivity index (χ1v) is 6.64. The van der Waals surface area contributed by atoms with Crippen LogP contribution in [0.1, 0.15) is 30.8 Å². The van der Waals surface area contributed by atoms with Gasteiger partial charge < -0.3 is 16.0 Å². The molecular weight excluding hydrogens is 244 g/mol. The zero-order valence-corrected chi connectivity index (χ0v) is 11.1. The normalized spacial score (nSPS) is 22.4. The highest BCUT2D eigenvalue weighted by Crippen LogP contribution is 2.23. The predicted octanol–water partition coefficient (Wildman–Crippen LogP) is -0.136. The van der Waals surface area contributed by atoms with E-state index in [0.29, 0.717) is 24.5 Å². The molecule has 4 N–H and O–H groups in total. The van der Waals surface area contributed by atoms with Crippen LogP contribution < -0.4 is 16.6 Å². The molecule has 0 spiro atoms. The number of aromatic nitrogens is 2. The predicted molar refractivity (Wildman–Crippen MR) is 71.6 cm³/mol. The molecule has 1 aliphatic rings. The molecule has 0 bridgehead atoms. The first kappa shape index (κ1) is 13.7. The summed E-state index contributed by atoms with van der Waals surface area (Å²) in [6, 6.07) is 1.60. The van der Waals surface area contributed by atoms with Crippen LogP contribution >= 0.6 is 0 Å². The third-order valence-corrected chi connectivity index (χ3v) is 3.42. The Hall–Kier alpha value is -1.69. The fourth-order valence-electron chi connectivity index (χ4n) is 2.46. The highest BCUT2D eigenvalue weighted by atomic mass is 16.2. The molecule has 1 saturated carbocycles. The minimum atomic E-state index is -0.157. The Morgan fingerprint density at radius 1 is 1.58 bits per heavy atom. The van der Waals surface area contributed by atoms with Crippen molar-refractivity contribution in [1.29, 1.82) is 0 Å². The Labute approximate surface area is 111 Å². The average molecular weight is 264 g/mol. The lowest BCUT2D eigenvalue weighted by Gasteiger charge is -2.10. The Balaban J connectivity index is 1.80. The van der Waals surface area contributed by atoms with Gasteiger partial charge in [-0.3, -0.25) is 9.59 Å². The van der Waals surface area contributed by atoms with Crippen molar-refractivity contribution < 1.29 is 4.79 Å². The summed E-state index contributed by atoms with van der Waals surface area (Å²) < 4.78 is 0. The van der Waals surface area contributed by atoms with Crippen LogP contribution in [0.3, 0.4) is 0 Å². The number of H-pyrrole nitrogens is 1. The first-order valence-electron chi connectivity index (χ1n) is 6.64. The van der Waals surface area contributed by atoms with Crippen molar-refractivity contribution in [3.8, 4) is 0 Å². The number of hydrogen-bond acceptors (Lipinski definition) is 4. The van der Waals surface area contributed by atoms with E-state index in [9.17, 15) is 9.59 Å². The summed E-state index contributed by atoms with van der Waals surface area (Å²) in [6.07, 6.45) is 3.09. The van der Waals surface area contributed by atoms with Gasteiger partial charge in [0, 0.05) is 36.7 Å². The van der Waals surface area contributed by atoms with Crippen molar-refractivity contribution in [1.82, 2.24) is 15.3 Å². The number of nitrogens with zero attached hydrogens (tertiary/aromatic N) is 1. The van der Waals surface area contributed by atoms with E-state index in [1.807, 2.05) is 0 Å². The van der Waals surface area contributed by atoms with Crippen LogP contribution in [0.2, 0.25) is 0 Å². The Morgan fingerprint density at radius 3 is 3.00 bits per heavy atom. The lowest BCUT2D eigenvalue weighted by Crippen LogP contribution is -2.32. The number of nitrogens with two attached hydrogens (primary N) is 1. The van der Waals surface area contributed by atoms with Gasteiger partial charge in [-0.15, -0.1) is 0 Å². The molecule has 1 fully saturated rings. The van der Waals surface area contributed by atoms with E-state index in [-0.39, 0.29) is 23.4 Å². The van der Waals surface area contributed by atoms with E-state index < -0.39 is 0 Å². The molecular formula is C13H20N4O2. The van der Waals surface area contributed by atoms with Gasteiger partial charge in [0.15, 0.2) is 0 Å². The molecule has 1 heterocycles. The van der Waals surface area contributed by atoms with Crippen LogP contribution in [0.5, 0.6) is 0 Å². The second-order valence-electron chi connectivity index (χ2n) is 5.14. The molecule has 0 unspecified atom stereocenters. The van der Waals surface area contributed by atoms with Crippen LogP contribution in [0.25, 0.3) is 0 Å². The number of aromatic amines is 1. The van der Waals surface area contributed by atoms with E-state index in [2.05, 4.69) is 15.3 Å². The zero-order chi connectivity index (χ0) is 13.8. The second-order valence-corrected chi connectivity index (χ2v) is 5.14. The molecule has 104 valence electrons. The maximum atomic E-state index is 11.9. The summed E-state index contributed by atoms with van der Waals surface area (Å²) in [4.78, 5) is 30.0. The highest BCUT2D eigenvalue weighted by Gasteiger charge is 2.27. The van der Waals surface area contributed by atoms with Gasteiger partial charge in [0.05, 0.1) is 0 Å². The number of aryl methyl sites for hydroxylation is 1. The smallest absolute Gasteiger partial charge is 0.251 e. The average Bonchev–Trinajstić information content (AvgIpc) is 2.74. The quantitative estimate of drug-likeness (QED) is 0.704. The van der Waals surface area contributed by atoms with E-state index >= 15 is 0 Å². The molecule has 1 aromatic heterocycles. The molecule has 0 radical (unpaired) electrons. The third kappa shape index (κ3) is 3.89. The fourth-order valence-corrected chi connectivity index (χ4v) is 2.46. The van der Waals surface area contributed by atoms with Gasteiger partial charge >= 0.3 is 0 Å². The van der Waals surface area contributed by atoms with Crippen LogP contribution in [-0.2, 0) is 11.2 Å². The van der Waals surface area contributed by atoms with Gasteiger partial charge in [-0.25, -0.2) is 4.98 Å². The topological polar surface area (TPSA) is 101 Å². The van der Waals surface area contributed by atoms with Gasteiger partial charge in [-0.05, 0) is 26.2 Å². The Bertz CT molecular complexity index is 512. The Morgan fingerprint density at radius 2 is 2.37 bits per heavy atom. The van der Waals surface area contributed by atoms with Crippen molar-refractivity contribution in [3.63, 3.8) is 0 Å². The summed E-state index contributed by atoms with van der Waals surface area (Å²) in [6.45, 7) is 2.26. The summed E-state index contributed by atoms with van der Waals surface area (Å²) in [7, 11) is 0. The number of amides is 1. The molecule has 1 amide bonds. The van der Waals surface area contributed by atoms with Gasteiger partial charge in [0.25, 0.3) is 5.56 Å². The summed E-state index contributed by atoms with van der Waals surface area (Å²) >= 11 is 0. The van der Waals surface area contributed by atoms with E-state index in [1.54, 1.807) is 6.92 Å². The summed E-state index contributed by atoms with van der Waals surface area (Å²) in [5.74, 6) is 0.705. The maximum absolute atomic E-state index is 11.9. The number of rotatable bonds is 4. The third-order valence-electron chi connectivity index (χ3n) is 3.42. The summed E-state index contributed by atoms with van der Waals surface area (Å²) in [5, 5.41) is 2.88. The zero-order valence-electron chi connectivity index (χ0n) is 11.1. The van der Waals surface area contributed by atoms with Gasteiger partial charge in [0.2, 0.25) is 5.91 Å². The van der Waals surface area contributed by atoms with Gasteiger partial charge in [-0.1, -0.05) is 0 Å². The molecule has 0 aromatic carbocycles. The molecule has 1 aromatic rings.